The molecule has 0 saturated carbocycles. The van der Waals surface area contributed by atoms with Gasteiger partial charge in [0.15, 0.2) is 5.82 Å². The summed E-state index contributed by atoms with van der Waals surface area (Å²) in [6, 6.07) is 9.65. The Kier molecular flexibility index (Phi) is 6.60. The van der Waals surface area contributed by atoms with E-state index in [9.17, 15) is 4.79 Å². The fourth-order valence-electron chi connectivity index (χ4n) is 3.10. The molecule has 3 N–H and O–H groups in total. The molecule has 0 unspecified atom stereocenters. The topological polar surface area (TPSA) is 91.9 Å². The van der Waals surface area contributed by atoms with Gasteiger partial charge in [-0.2, -0.15) is 5.10 Å². The number of ether oxygens (including phenoxy) is 1. The molecule has 2 aromatic heterocycles. The van der Waals surface area contributed by atoms with Crippen LogP contribution in [-0.2, 0) is 11.2 Å². The van der Waals surface area contributed by atoms with Crippen LogP contribution in [0, 0.1) is 6.92 Å². The molecule has 148 valence electrons. The third-order valence-corrected chi connectivity index (χ3v) is 4.43. The molecule has 0 aliphatic rings. The minimum Gasteiger partial charge on any atom is -0.385 e. The lowest BCUT2D eigenvalue weighted by Gasteiger charge is -2.11. The number of nitrogens with zero attached hydrogens (tertiary/aromatic N) is 2. The lowest BCUT2D eigenvalue weighted by atomic mass is 10.0. The number of aromatic amines is 1. The van der Waals surface area contributed by atoms with Gasteiger partial charge in [0.25, 0.3) is 5.91 Å². The second-order valence-electron chi connectivity index (χ2n) is 6.80. The van der Waals surface area contributed by atoms with Crippen LogP contribution in [0.3, 0.4) is 0 Å². The highest BCUT2D eigenvalue weighted by atomic mass is 16.5. The summed E-state index contributed by atoms with van der Waals surface area (Å²) >= 11 is 0. The molecule has 3 rings (SSSR count). The molecule has 0 aliphatic carbocycles. The normalized spacial score (nSPS) is 11.0. The Morgan fingerprint density at radius 1 is 1.21 bits per heavy atom. The number of hydrogen-bond acceptors (Lipinski definition) is 5. The first-order chi connectivity index (χ1) is 13.6. The molecule has 2 heterocycles. The van der Waals surface area contributed by atoms with Crippen LogP contribution in [0.4, 0.5) is 11.6 Å². The number of amides is 1. The zero-order valence-corrected chi connectivity index (χ0v) is 16.6. The van der Waals surface area contributed by atoms with E-state index in [1.165, 1.54) is 0 Å². The summed E-state index contributed by atoms with van der Waals surface area (Å²) in [4.78, 5) is 17.2. The lowest BCUT2D eigenvalue weighted by molar-refractivity contribution is 0.0948. The molecule has 28 heavy (non-hydrogen) atoms. The Morgan fingerprint density at radius 2 is 2.07 bits per heavy atom. The van der Waals surface area contributed by atoms with Crippen molar-refractivity contribution in [3.63, 3.8) is 0 Å². The van der Waals surface area contributed by atoms with Crippen LogP contribution in [0.25, 0.3) is 10.8 Å². The summed E-state index contributed by atoms with van der Waals surface area (Å²) in [6.07, 6.45) is 2.65. The SMILES string of the molecule is CCCc1nc(Nc2cc(C)[nH]n2)cc2cc(C(=O)NCCCOC)ccc12. The number of aromatic nitrogens is 3. The highest BCUT2D eigenvalue weighted by molar-refractivity contribution is 5.99. The molecule has 7 heteroatoms. The number of nitrogens with one attached hydrogen (secondary N) is 3. The summed E-state index contributed by atoms with van der Waals surface area (Å²) in [5.74, 6) is 1.36. The Morgan fingerprint density at radius 3 is 2.79 bits per heavy atom. The van der Waals surface area contributed by atoms with E-state index in [2.05, 4.69) is 27.8 Å². The van der Waals surface area contributed by atoms with Crippen LogP contribution in [0.5, 0.6) is 0 Å². The third kappa shape index (κ3) is 4.86. The van der Waals surface area contributed by atoms with E-state index in [-0.39, 0.29) is 5.91 Å². The maximum absolute atomic E-state index is 12.4. The number of pyridine rings is 1. The standard InChI is InChI=1S/C21H27N5O2/c1-4-6-18-17-8-7-15(21(27)22-9-5-10-28-3)12-16(17)13-19(23-18)24-20-11-14(2)25-26-20/h7-8,11-13H,4-6,9-10H2,1-3H3,(H,22,27)(H2,23,24,25,26). The minimum absolute atomic E-state index is 0.0794. The van der Waals surface area contributed by atoms with Crippen molar-refractivity contribution in [2.75, 3.05) is 25.6 Å². The number of fused-ring (bicyclic) bond motifs is 1. The van der Waals surface area contributed by atoms with Crippen molar-refractivity contribution in [3.05, 3.63) is 47.3 Å². The molecule has 0 fully saturated rings. The van der Waals surface area contributed by atoms with Crippen LogP contribution in [0.15, 0.2) is 30.3 Å². The third-order valence-electron chi connectivity index (χ3n) is 4.43. The van der Waals surface area contributed by atoms with E-state index in [4.69, 9.17) is 9.72 Å². The van der Waals surface area contributed by atoms with Crippen molar-refractivity contribution in [3.8, 4) is 0 Å². The fraction of sp³-hybridized carbons (Fsp3) is 0.381. The van der Waals surface area contributed by atoms with Crippen LogP contribution in [0.2, 0.25) is 0 Å². The number of carbonyl (C=O) groups excluding carboxylic acids is 1. The average Bonchev–Trinajstić information content (AvgIpc) is 3.09. The molecular formula is C21H27N5O2. The molecule has 0 spiro atoms. The summed E-state index contributed by atoms with van der Waals surface area (Å²) in [5.41, 5.74) is 2.63. The molecule has 0 aliphatic heterocycles. The van der Waals surface area contributed by atoms with E-state index < -0.39 is 0 Å². The van der Waals surface area contributed by atoms with Gasteiger partial charge in [-0.15, -0.1) is 0 Å². The summed E-state index contributed by atoms with van der Waals surface area (Å²) < 4.78 is 5.01. The molecule has 1 aromatic carbocycles. The van der Waals surface area contributed by atoms with Crippen LogP contribution < -0.4 is 10.6 Å². The number of benzene rings is 1. The highest BCUT2D eigenvalue weighted by Crippen LogP contribution is 2.25. The first-order valence-corrected chi connectivity index (χ1v) is 9.60. The van der Waals surface area contributed by atoms with Crippen molar-refractivity contribution < 1.29 is 9.53 Å². The van der Waals surface area contributed by atoms with Gasteiger partial charge in [0.2, 0.25) is 0 Å². The molecule has 0 bridgehead atoms. The number of anilines is 2. The van der Waals surface area contributed by atoms with E-state index in [0.717, 1.165) is 53.1 Å². The van der Waals surface area contributed by atoms with Crippen LogP contribution in [0.1, 0.15) is 41.5 Å². The van der Waals surface area contributed by atoms with Gasteiger partial charge in [-0.05, 0) is 43.4 Å². The van der Waals surface area contributed by atoms with Gasteiger partial charge in [0.1, 0.15) is 5.82 Å². The Balaban J connectivity index is 1.88. The number of hydrogen-bond donors (Lipinski definition) is 3. The molecular weight excluding hydrogens is 354 g/mol. The summed E-state index contributed by atoms with van der Waals surface area (Å²) in [5, 5.41) is 15.4. The average molecular weight is 381 g/mol. The van der Waals surface area contributed by atoms with Gasteiger partial charge >= 0.3 is 0 Å². The van der Waals surface area contributed by atoms with Gasteiger partial charge < -0.3 is 15.4 Å². The van der Waals surface area contributed by atoms with Crippen molar-refractivity contribution in [2.45, 2.75) is 33.1 Å². The number of aryl methyl sites for hydroxylation is 2. The first kappa shape index (κ1) is 19.8. The molecule has 3 aromatic rings. The maximum atomic E-state index is 12.4. The second-order valence-corrected chi connectivity index (χ2v) is 6.80. The van der Waals surface area contributed by atoms with E-state index >= 15 is 0 Å². The molecule has 0 saturated heterocycles. The lowest BCUT2D eigenvalue weighted by Crippen LogP contribution is -2.25. The molecule has 0 atom stereocenters. The largest absolute Gasteiger partial charge is 0.385 e. The molecule has 7 nitrogen and oxygen atoms in total. The molecule has 1 amide bonds. The monoisotopic (exact) mass is 381 g/mol. The summed E-state index contributed by atoms with van der Waals surface area (Å²) in [6.45, 7) is 5.30. The van der Waals surface area contributed by atoms with Crippen molar-refractivity contribution in [2.24, 2.45) is 0 Å². The number of carbonyl (C=O) groups is 1. The van der Waals surface area contributed by atoms with Crippen molar-refractivity contribution in [1.29, 1.82) is 0 Å². The van der Waals surface area contributed by atoms with Crippen LogP contribution >= 0.6 is 0 Å². The minimum atomic E-state index is -0.0794. The van der Waals surface area contributed by atoms with Crippen molar-refractivity contribution in [1.82, 2.24) is 20.5 Å². The van der Waals surface area contributed by atoms with E-state index in [1.807, 2.05) is 37.3 Å². The fourth-order valence-corrected chi connectivity index (χ4v) is 3.10. The number of H-pyrrole nitrogens is 1. The number of rotatable bonds is 9. The maximum Gasteiger partial charge on any atom is 0.251 e. The smallest absolute Gasteiger partial charge is 0.251 e. The Hall–Kier alpha value is -2.93. The predicted octanol–water partition coefficient (Wildman–Crippen LogP) is 3.73. The molecule has 0 radical (unpaired) electrons. The van der Waals surface area contributed by atoms with Gasteiger partial charge in [-0.25, -0.2) is 4.98 Å². The first-order valence-electron chi connectivity index (χ1n) is 9.60. The second kappa shape index (κ2) is 9.32. The van der Waals surface area contributed by atoms with E-state index in [0.29, 0.717) is 18.7 Å². The van der Waals surface area contributed by atoms with Gasteiger partial charge in [0.05, 0.1) is 5.69 Å². The van der Waals surface area contributed by atoms with Crippen molar-refractivity contribution >= 4 is 28.3 Å². The Bertz CT molecular complexity index is 951. The quantitative estimate of drug-likeness (QED) is 0.491. The van der Waals surface area contributed by atoms with Gasteiger partial charge in [0, 0.05) is 43.0 Å². The predicted molar refractivity (Wildman–Crippen MR) is 111 cm³/mol. The Labute approximate surface area is 164 Å². The van der Waals surface area contributed by atoms with Gasteiger partial charge in [-0.1, -0.05) is 19.4 Å². The highest BCUT2D eigenvalue weighted by Gasteiger charge is 2.11. The number of methoxy groups -OCH3 is 1. The van der Waals surface area contributed by atoms with Crippen LogP contribution in [-0.4, -0.2) is 41.3 Å². The zero-order chi connectivity index (χ0) is 19.9. The van der Waals surface area contributed by atoms with Gasteiger partial charge in [-0.3, -0.25) is 9.89 Å². The zero-order valence-electron chi connectivity index (χ0n) is 16.6. The summed E-state index contributed by atoms with van der Waals surface area (Å²) in [7, 11) is 1.66. The van der Waals surface area contributed by atoms with E-state index in [1.54, 1.807) is 7.11 Å².